The Kier molecular flexibility index (Phi) is 4.03. The van der Waals surface area contributed by atoms with Crippen molar-refractivity contribution in [2.75, 3.05) is 36.5 Å². The summed E-state index contributed by atoms with van der Waals surface area (Å²) in [6.45, 7) is 3.48. The van der Waals surface area contributed by atoms with Crippen LogP contribution in [0.15, 0.2) is 28.8 Å². The smallest absolute Gasteiger partial charge is 0.266 e. The number of ether oxygens (including phenoxy) is 1. The summed E-state index contributed by atoms with van der Waals surface area (Å²) in [7, 11) is 0. The Labute approximate surface area is 121 Å². The zero-order chi connectivity index (χ0) is 13.8. The molecule has 0 bridgehead atoms. The molecule has 1 fully saturated rings. The largest absolute Gasteiger partial charge is 0.378 e. The van der Waals surface area contributed by atoms with Crippen LogP contribution >= 0.6 is 11.6 Å². The van der Waals surface area contributed by atoms with Gasteiger partial charge in [0, 0.05) is 23.8 Å². The van der Waals surface area contributed by atoms with Crippen LogP contribution in [-0.4, -0.2) is 36.4 Å². The van der Waals surface area contributed by atoms with E-state index < -0.39 is 0 Å². The lowest BCUT2D eigenvalue weighted by Crippen LogP contribution is -2.36. The number of nitrogens with one attached hydrogen (secondary N) is 1. The second-order valence-corrected chi connectivity index (χ2v) is 4.88. The molecule has 1 saturated heterocycles. The minimum absolute atomic E-state index is 0.485. The summed E-state index contributed by atoms with van der Waals surface area (Å²) >= 11 is 5.83. The van der Waals surface area contributed by atoms with Gasteiger partial charge in [-0.15, -0.1) is 0 Å². The summed E-state index contributed by atoms with van der Waals surface area (Å²) in [6.07, 6.45) is 0. The van der Waals surface area contributed by atoms with Gasteiger partial charge in [-0.1, -0.05) is 11.6 Å². The van der Waals surface area contributed by atoms with Crippen molar-refractivity contribution < 1.29 is 9.26 Å². The fourth-order valence-electron chi connectivity index (χ4n) is 1.95. The molecule has 20 heavy (non-hydrogen) atoms. The van der Waals surface area contributed by atoms with Crippen molar-refractivity contribution in [3.05, 3.63) is 35.2 Å². The molecule has 0 radical (unpaired) electrons. The molecular weight excluding hydrogens is 280 g/mol. The van der Waals surface area contributed by atoms with Gasteiger partial charge in [-0.3, -0.25) is 0 Å². The first-order valence-electron chi connectivity index (χ1n) is 6.46. The average Bonchev–Trinajstić information content (AvgIpc) is 2.97. The lowest BCUT2D eigenvalue weighted by molar-refractivity contribution is 0.121. The van der Waals surface area contributed by atoms with Crippen molar-refractivity contribution >= 4 is 23.2 Å². The maximum atomic E-state index is 5.83. The van der Waals surface area contributed by atoms with E-state index in [4.69, 9.17) is 20.9 Å². The number of halogens is 1. The molecule has 2 heterocycles. The Bertz CT molecular complexity index is 552. The molecule has 0 spiro atoms. The summed E-state index contributed by atoms with van der Waals surface area (Å²) in [4.78, 5) is 6.42. The fourth-order valence-corrected chi connectivity index (χ4v) is 2.08. The zero-order valence-corrected chi connectivity index (χ0v) is 11.6. The molecule has 0 unspecified atom stereocenters. The van der Waals surface area contributed by atoms with Crippen LogP contribution in [0.5, 0.6) is 0 Å². The normalized spacial score (nSPS) is 15.3. The molecule has 106 valence electrons. The number of benzene rings is 1. The molecule has 1 N–H and O–H groups in total. The van der Waals surface area contributed by atoms with Gasteiger partial charge >= 0.3 is 0 Å². The third-order valence-corrected chi connectivity index (χ3v) is 3.29. The fraction of sp³-hybridized carbons (Fsp3) is 0.385. The average molecular weight is 295 g/mol. The Balaban J connectivity index is 1.58. The van der Waals surface area contributed by atoms with Crippen LogP contribution in [0.2, 0.25) is 5.02 Å². The van der Waals surface area contributed by atoms with Gasteiger partial charge in [-0.25, -0.2) is 0 Å². The number of aromatic nitrogens is 2. The molecule has 7 heteroatoms. The molecule has 1 aliphatic heterocycles. The molecule has 0 aliphatic carbocycles. The third-order valence-electron chi connectivity index (χ3n) is 3.04. The van der Waals surface area contributed by atoms with Crippen LogP contribution in [0.25, 0.3) is 0 Å². The highest BCUT2D eigenvalue weighted by atomic mass is 35.5. The van der Waals surface area contributed by atoms with E-state index in [2.05, 4.69) is 20.4 Å². The lowest BCUT2D eigenvalue weighted by atomic mass is 10.3. The predicted octanol–water partition coefficient (Wildman–Crippen LogP) is 2.17. The number of rotatable bonds is 4. The van der Waals surface area contributed by atoms with Crippen LogP contribution in [0.3, 0.4) is 0 Å². The van der Waals surface area contributed by atoms with Gasteiger partial charge in [0.15, 0.2) is 0 Å². The highest BCUT2D eigenvalue weighted by molar-refractivity contribution is 6.30. The van der Waals surface area contributed by atoms with Gasteiger partial charge in [0.1, 0.15) is 0 Å². The molecule has 3 rings (SSSR count). The van der Waals surface area contributed by atoms with Crippen molar-refractivity contribution in [3.8, 4) is 0 Å². The molecule has 1 aliphatic rings. The first kappa shape index (κ1) is 13.2. The second kappa shape index (κ2) is 6.11. The molecule has 0 atom stereocenters. The maximum Gasteiger partial charge on any atom is 0.266 e. The van der Waals surface area contributed by atoms with E-state index in [-0.39, 0.29) is 0 Å². The van der Waals surface area contributed by atoms with Gasteiger partial charge in [0.25, 0.3) is 5.95 Å². The summed E-state index contributed by atoms with van der Waals surface area (Å²) in [5, 5.41) is 7.91. The third kappa shape index (κ3) is 3.20. The molecule has 1 aromatic carbocycles. The molecule has 2 aromatic rings. The Hall–Kier alpha value is -1.79. The van der Waals surface area contributed by atoms with Gasteiger partial charge in [-0.2, -0.15) is 4.98 Å². The molecule has 6 nitrogen and oxygen atoms in total. The van der Waals surface area contributed by atoms with Crippen molar-refractivity contribution in [2.24, 2.45) is 0 Å². The maximum absolute atomic E-state index is 5.83. The van der Waals surface area contributed by atoms with E-state index in [0.717, 1.165) is 18.8 Å². The summed E-state index contributed by atoms with van der Waals surface area (Å²) in [6, 6.07) is 7.47. The molecule has 1 aromatic heterocycles. The van der Waals surface area contributed by atoms with Gasteiger partial charge in [-0.05, 0) is 29.4 Å². The van der Waals surface area contributed by atoms with E-state index in [1.54, 1.807) is 0 Å². The van der Waals surface area contributed by atoms with Gasteiger partial charge < -0.3 is 19.5 Å². The standard InChI is InChI=1S/C13H15ClN4O2/c14-10-1-3-11(4-2-10)15-9-12-16-13(17-20-12)18-5-7-19-8-6-18/h1-4,15H,5-9H2. The Morgan fingerprint density at radius 3 is 2.70 bits per heavy atom. The summed E-state index contributed by atoms with van der Waals surface area (Å²) in [5.74, 6) is 1.18. The lowest BCUT2D eigenvalue weighted by Gasteiger charge is -2.24. The van der Waals surface area contributed by atoms with Crippen molar-refractivity contribution in [1.82, 2.24) is 10.1 Å². The summed E-state index contributed by atoms with van der Waals surface area (Å²) in [5.41, 5.74) is 0.959. The zero-order valence-electron chi connectivity index (χ0n) is 10.9. The van der Waals surface area contributed by atoms with Crippen molar-refractivity contribution in [3.63, 3.8) is 0 Å². The minimum atomic E-state index is 0.485. The van der Waals surface area contributed by atoms with Crippen LogP contribution in [0.1, 0.15) is 5.89 Å². The Morgan fingerprint density at radius 2 is 1.95 bits per heavy atom. The monoisotopic (exact) mass is 294 g/mol. The first-order valence-corrected chi connectivity index (χ1v) is 6.84. The number of anilines is 2. The number of morpholine rings is 1. The number of hydrogen-bond donors (Lipinski definition) is 1. The van der Waals surface area contributed by atoms with Crippen LogP contribution < -0.4 is 10.2 Å². The van der Waals surface area contributed by atoms with Gasteiger partial charge in [0.2, 0.25) is 5.89 Å². The Morgan fingerprint density at radius 1 is 1.20 bits per heavy atom. The number of hydrogen-bond acceptors (Lipinski definition) is 6. The van der Waals surface area contributed by atoms with E-state index in [1.807, 2.05) is 24.3 Å². The highest BCUT2D eigenvalue weighted by Gasteiger charge is 2.16. The number of nitrogens with zero attached hydrogens (tertiary/aromatic N) is 3. The predicted molar refractivity (Wildman–Crippen MR) is 76.1 cm³/mol. The van der Waals surface area contributed by atoms with E-state index in [0.29, 0.717) is 36.6 Å². The summed E-state index contributed by atoms with van der Waals surface area (Å²) < 4.78 is 10.5. The molecular formula is C13H15ClN4O2. The van der Waals surface area contributed by atoms with Crippen LogP contribution in [0, 0.1) is 0 Å². The molecule has 0 amide bonds. The van der Waals surface area contributed by atoms with Gasteiger partial charge in [0.05, 0.1) is 19.8 Å². The second-order valence-electron chi connectivity index (χ2n) is 4.45. The quantitative estimate of drug-likeness (QED) is 0.932. The van der Waals surface area contributed by atoms with Crippen LogP contribution in [-0.2, 0) is 11.3 Å². The van der Waals surface area contributed by atoms with E-state index in [1.165, 1.54) is 0 Å². The SMILES string of the molecule is Clc1ccc(NCc2nc(N3CCOCC3)no2)cc1. The van der Waals surface area contributed by atoms with Crippen LogP contribution in [0.4, 0.5) is 11.6 Å². The van der Waals surface area contributed by atoms with Crippen molar-refractivity contribution in [2.45, 2.75) is 6.54 Å². The van der Waals surface area contributed by atoms with E-state index in [9.17, 15) is 0 Å². The molecule has 0 saturated carbocycles. The van der Waals surface area contributed by atoms with E-state index >= 15 is 0 Å². The topological polar surface area (TPSA) is 63.4 Å². The van der Waals surface area contributed by atoms with Crippen molar-refractivity contribution in [1.29, 1.82) is 0 Å². The first-order chi connectivity index (χ1) is 9.81. The minimum Gasteiger partial charge on any atom is -0.378 e. The highest BCUT2D eigenvalue weighted by Crippen LogP contribution is 2.15.